The maximum absolute atomic E-state index is 17.1. The summed E-state index contributed by atoms with van der Waals surface area (Å²) in [5, 5.41) is 14.7. The lowest BCUT2D eigenvalue weighted by molar-refractivity contribution is 0.0117. The van der Waals surface area contributed by atoms with Crippen LogP contribution in [-0.4, -0.2) is 91.5 Å². The number of amides is 1. The fourth-order valence-corrected chi connectivity index (χ4v) is 9.21. The van der Waals surface area contributed by atoms with Crippen molar-refractivity contribution in [2.75, 3.05) is 43.9 Å². The summed E-state index contributed by atoms with van der Waals surface area (Å²) < 4.78 is 39.8. The number of likely N-dealkylation sites (N-methyl/N-ethyl adjacent to an activating group) is 1. The lowest BCUT2D eigenvalue weighted by atomic mass is 9.78. The molecule has 0 radical (unpaired) electrons. The van der Waals surface area contributed by atoms with Gasteiger partial charge in [-0.05, 0) is 70.3 Å². The molecule has 12 nitrogen and oxygen atoms in total. The van der Waals surface area contributed by atoms with Crippen molar-refractivity contribution in [3.05, 3.63) is 53.1 Å². The van der Waals surface area contributed by atoms with Gasteiger partial charge in [0.05, 0.1) is 20.8 Å². The zero-order valence-corrected chi connectivity index (χ0v) is 28.9. The Hall–Kier alpha value is -4.65. The average Bonchev–Trinajstić information content (AvgIpc) is 3.86. The number of rotatable bonds is 5. The molecule has 0 aliphatic carbocycles. The van der Waals surface area contributed by atoms with Gasteiger partial charge >= 0.3 is 12.0 Å². The Labute approximate surface area is 295 Å². The number of anilines is 2. The Morgan fingerprint density at radius 3 is 2.76 bits per heavy atom. The number of carbonyl (C=O) groups excluding carboxylic acids is 1. The lowest BCUT2D eigenvalue weighted by Gasteiger charge is -2.56. The first-order valence-corrected chi connectivity index (χ1v) is 17.7. The molecule has 3 aliphatic heterocycles. The van der Waals surface area contributed by atoms with Crippen LogP contribution in [0, 0.1) is 23.0 Å². The van der Waals surface area contributed by atoms with Gasteiger partial charge in [0.2, 0.25) is 0 Å². The van der Waals surface area contributed by atoms with Crippen LogP contribution in [0.25, 0.3) is 32.1 Å². The fraction of sp³-hybridized carbons (Fsp3) is 0.412. The molecule has 3 fully saturated rings. The Bertz CT molecular complexity index is 2210. The molecule has 5 aromatic rings. The third kappa shape index (κ3) is 5.11. The van der Waals surface area contributed by atoms with E-state index in [9.17, 15) is 14.4 Å². The number of likely N-dealkylation sites (tertiary alicyclic amines) is 2. The first-order valence-electron chi connectivity index (χ1n) is 16.5. The molecule has 3 aliphatic rings. The van der Waals surface area contributed by atoms with Crippen LogP contribution < -0.4 is 15.4 Å². The third-order valence-electron chi connectivity index (χ3n) is 10.5. The van der Waals surface area contributed by atoms with E-state index in [0.29, 0.717) is 30.8 Å². The first kappa shape index (κ1) is 32.5. The Balaban J connectivity index is 1.27. The lowest BCUT2D eigenvalue weighted by Crippen LogP contribution is -2.69. The van der Waals surface area contributed by atoms with Crippen LogP contribution in [0.3, 0.4) is 0 Å². The molecule has 1 amide bonds. The minimum absolute atomic E-state index is 0.0120. The van der Waals surface area contributed by atoms with Crippen molar-refractivity contribution in [3.63, 3.8) is 0 Å². The highest BCUT2D eigenvalue weighted by atomic mass is 35.5. The summed E-state index contributed by atoms with van der Waals surface area (Å²) in [7, 11) is 2.05. The maximum Gasteiger partial charge on any atom is 0.346 e. The number of hydrogen-bond acceptors (Lipinski definition) is 11. The smallest absolute Gasteiger partial charge is 0.346 e. The molecule has 2 N–H and O–H groups in total. The molecule has 0 bridgehead atoms. The molecule has 3 atom stereocenters. The van der Waals surface area contributed by atoms with Crippen molar-refractivity contribution in [3.8, 4) is 23.2 Å². The van der Waals surface area contributed by atoms with Gasteiger partial charge in [-0.1, -0.05) is 17.7 Å². The minimum atomic E-state index is -0.758. The first-order chi connectivity index (χ1) is 24.1. The molecule has 16 heteroatoms. The second-order valence-electron chi connectivity index (χ2n) is 13.3. The number of hydrogen-bond donors (Lipinski definition) is 1. The van der Waals surface area contributed by atoms with E-state index < -0.39 is 17.2 Å². The van der Waals surface area contributed by atoms with Gasteiger partial charge in [0.15, 0.2) is 5.82 Å². The Kier molecular flexibility index (Phi) is 8.00. The van der Waals surface area contributed by atoms with Crippen molar-refractivity contribution in [1.82, 2.24) is 34.5 Å². The van der Waals surface area contributed by atoms with Crippen LogP contribution in [0.15, 0.2) is 30.9 Å². The van der Waals surface area contributed by atoms with Crippen LogP contribution in [0.1, 0.15) is 44.6 Å². The van der Waals surface area contributed by atoms with Crippen LogP contribution >= 0.6 is 22.9 Å². The van der Waals surface area contributed by atoms with Gasteiger partial charge in [0.25, 0.3) is 0 Å². The van der Waals surface area contributed by atoms with E-state index in [1.54, 1.807) is 6.07 Å². The van der Waals surface area contributed by atoms with Gasteiger partial charge in [0, 0.05) is 42.0 Å². The van der Waals surface area contributed by atoms with Gasteiger partial charge in [-0.2, -0.15) is 25.0 Å². The van der Waals surface area contributed by atoms with E-state index in [-0.39, 0.29) is 66.5 Å². The quantitative estimate of drug-likeness (QED) is 0.228. The predicted molar refractivity (Wildman–Crippen MR) is 186 cm³/mol. The summed E-state index contributed by atoms with van der Waals surface area (Å²) in [6, 6.07) is 6.17. The topological polar surface area (TPSA) is 142 Å². The highest BCUT2D eigenvalue weighted by molar-refractivity contribution is 7.23. The number of nitrogen functional groups attached to an aromatic ring is 1. The van der Waals surface area contributed by atoms with E-state index >= 15 is 4.39 Å². The number of carbonyl (C=O) groups is 1. The third-order valence-corrected chi connectivity index (χ3v) is 11.9. The molecule has 1 spiro atoms. The standard InChI is InChI=1S/C34H33ClF2N10O2S/c1-18(24-5-3-10-44(24)2)49-32-42-28-20(13-22(35)26(27(28)37)19-6-7-23(36)29-25(19)21(14-38)30(39)50-29)31(43-32)45-11-4-8-34(15-45)9-12-46(34)33(48)47-17-40-16-41-47/h6-7,13,16-18,24H,3-5,8-12,15,39H2,1-2H3/t18-,24?,34?/m0/s1. The van der Waals surface area contributed by atoms with Gasteiger partial charge in [0.1, 0.15) is 47.0 Å². The Morgan fingerprint density at radius 1 is 1.22 bits per heavy atom. The van der Waals surface area contributed by atoms with Gasteiger partial charge in [-0.15, -0.1) is 11.3 Å². The number of nitrogens with two attached hydrogens (primary N) is 1. The molecular formula is C34H33ClF2N10O2S. The Morgan fingerprint density at radius 2 is 2.06 bits per heavy atom. The van der Waals surface area contributed by atoms with Gasteiger partial charge < -0.3 is 20.3 Å². The number of ether oxygens (including phenoxy) is 1. The van der Waals surface area contributed by atoms with Crippen molar-refractivity contribution >= 4 is 60.8 Å². The van der Waals surface area contributed by atoms with Crippen LogP contribution in [-0.2, 0) is 0 Å². The molecule has 3 saturated heterocycles. The number of nitrogens with zero attached hydrogens (tertiary/aromatic N) is 9. The monoisotopic (exact) mass is 718 g/mol. The molecule has 2 unspecified atom stereocenters. The summed E-state index contributed by atoms with van der Waals surface area (Å²) in [5.41, 5.74) is 5.84. The summed E-state index contributed by atoms with van der Waals surface area (Å²) in [5.74, 6) is -0.895. The van der Waals surface area contributed by atoms with E-state index in [1.165, 1.54) is 29.5 Å². The van der Waals surface area contributed by atoms with Crippen LogP contribution in [0.4, 0.5) is 24.4 Å². The molecule has 8 rings (SSSR count). The summed E-state index contributed by atoms with van der Waals surface area (Å²) in [6.07, 6.45) is 6.74. The number of benzene rings is 2. The summed E-state index contributed by atoms with van der Waals surface area (Å²) >= 11 is 7.84. The fourth-order valence-electron chi connectivity index (χ4n) is 7.97. The van der Waals surface area contributed by atoms with Crippen molar-refractivity contribution in [2.45, 2.75) is 56.7 Å². The number of aromatic nitrogens is 5. The molecule has 0 saturated carbocycles. The molecule has 50 heavy (non-hydrogen) atoms. The van der Waals surface area contributed by atoms with E-state index in [2.05, 4.69) is 20.0 Å². The highest BCUT2D eigenvalue weighted by Crippen LogP contribution is 2.47. The van der Waals surface area contributed by atoms with Crippen LogP contribution in [0.5, 0.6) is 6.01 Å². The summed E-state index contributed by atoms with van der Waals surface area (Å²) in [6.45, 7) is 4.52. The molecular weight excluding hydrogens is 686 g/mol. The summed E-state index contributed by atoms with van der Waals surface area (Å²) in [4.78, 5) is 32.9. The minimum Gasteiger partial charge on any atom is -0.459 e. The van der Waals surface area contributed by atoms with Gasteiger partial charge in [-0.3, -0.25) is 4.90 Å². The van der Waals surface area contributed by atoms with E-state index in [0.717, 1.165) is 50.0 Å². The predicted octanol–water partition coefficient (Wildman–Crippen LogP) is 6.06. The number of piperidine rings is 1. The molecule has 2 aromatic carbocycles. The normalized spacial score (nSPS) is 21.6. The second kappa shape index (κ2) is 12.3. The maximum atomic E-state index is 17.1. The number of thiophene rings is 1. The van der Waals surface area contributed by atoms with E-state index in [1.807, 2.05) is 29.8 Å². The molecule has 6 heterocycles. The molecule has 3 aromatic heterocycles. The van der Waals surface area contributed by atoms with Gasteiger partial charge in [-0.25, -0.2) is 18.6 Å². The number of fused-ring (bicyclic) bond motifs is 2. The van der Waals surface area contributed by atoms with E-state index in [4.69, 9.17) is 27.1 Å². The number of nitriles is 1. The van der Waals surface area contributed by atoms with Crippen molar-refractivity contribution in [2.24, 2.45) is 0 Å². The average molecular weight is 719 g/mol. The zero-order valence-electron chi connectivity index (χ0n) is 27.4. The highest BCUT2D eigenvalue weighted by Gasteiger charge is 2.50. The van der Waals surface area contributed by atoms with Crippen LogP contribution in [0.2, 0.25) is 5.02 Å². The zero-order chi connectivity index (χ0) is 34.9. The SMILES string of the molecule is C[C@H](Oc1nc(N2CCCC3(CCN3C(=O)n3cncn3)C2)c2cc(Cl)c(-c3ccc(F)c4sc(N)c(C#N)c34)c(F)c2n1)C1CCCN1C. The largest absolute Gasteiger partial charge is 0.459 e. The molecule has 258 valence electrons. The second-order valence-corrected chi connectivity index (χ2v) is 14.8. The van der Waals surface area contributed by atoms with Crippen molar-refractivity contribution < 1.29 is 18.3 Å². The number of halogens is 3. The van der Waals surface area contributed by atoms with Crippen molar-refractivity contribution in [1.29, 1.82) is 5.26 Å².